The summed E-state index contributed by atoms with van der Waals surface area (Å²) < 4.78 is 23.0. The maximum atomic E-state index is 12.6. The Morgan fingerprint density at radius 1 is 1.17 bits per heavy atom. The van der Waals surface area contributed by atoms with Crippen molar-refractivity contribution in [1.29, 1.82) is 0 Å². The van der Waals surface area contributed by atoms with Gasteiger partial charge in [0.1, 0.15) is 9.84 Å². The summed E-state index contributed by atoms with van der Waals surface area (Å²) in [5.74, 6) is 0.611. The highest BCUT2D eigenvalue weighted by atomic mass is 35.5. The first-order valence-corrected chi connectivity index (χ1v) is 10.3. The van der Waals surface area contributed by atoms with Gasteiger partial charge < -0.3 is 4.90 Å². The van der Waals surface area contributed by atoms with Crippen molar-refractivity contribution < 1.29 is 13.2 Å². The zero-order chi connectivity index (χ0) is 16.8. The van der Waals surface area contributed by atoms with E-state index in [1.54, 1.807) is 18.0 Å². The van der Waals surface area contributed by atoms with E-state index >= 15 is 0 Å². The van der Waals surface area contributed by atoms with E-state index in [2.05, 4.69) is 0 Å². The van der Waals surface area contributed by atoms with Gasteiger partial charge in [-0.15, -0.1) is 0 Å². The molecule has 1 aliphatic heterocycles. The number of rotatable bonds is 3. The molecule has 0 spiro atoms. The molecule has 23 heavy (non-hydrogen) atoms. The fourth-order valence-corrected chi connectivity index (χ4v) is 5.06. The van der Waals surface area contributed by atoms with Crippen molar-refractivity contribution in [1.82, 2.24) is 4.90 Å². The number of sulfone groups is 1. The van der Waals surface area contributed by atoms with Gasteiger partial charge in [0.05, 0.1) is 21.6 Å². The molecule has 0 unspecified atom stereocenters. The summed E-state index contributed by atoms with van der Waals surface area (Å²) >= 11 is 12.0. The Balaban J connectivity index is 1.62. The topological polar surface area (TPSA) is 54.5 Å². The number of hydrogen-bond donors (Lipinski definition) is 0. The van der Waals surface area contributed by atoms with Crippen LogP contribution in [0.2, 0.25) is 10.0 Å². The summed E-state index contributed by atoms with van der Waals surface area (Å²) in [6.45, 7) is 0. The van der Waals surface area contributed by atoms with Crippen LogP contribution in [-0.4, -0.2) is 43.8 Å². The molecule has 2 aliphatic rings. The Hall–Kier alpha value is -0.780. The monoisotopic (exact) mass is 375 g/mol. The van der Waals surface area contributed by atoms with Crippen molar-refractivity contribution in [3.63, 3.8) is 0 Å². The number of benzene rings is 1. The van der Waals surface area contributed by atoms with Crippen molar-refractivity contribution in [2.75, 3.05) is 18.6 Å². The van der Waals surface area contributed by atoms with Gasteiger partial charge in [0, 0.05) is 19.0 Å². The van der Waals surface area contributed by atoms with Crippen LogP contribution < -0.4 is 0 Å². The van der Waals surface area contributed by atoms with Crippen LogP contribution in [0.25, 0.3) is 0 Å². The van der Waals surface area contributed by atoms with E-state index in [4.69, 9.17) is 23.2 Å². The Bertz CT molecular complexity index is 721. The van der Waals surface area contributed by atoms with Gasteiger partial charge in [0.25, 0.3) is 0 Å². The third kappa shape index (κ3) is 3.67. The third-order valence-electron chi connectivity index (χ3n) is 4.90. The normalized spacial score (nSPS) is 26.7. The Morgan fingerprint density at radius 2 is 1.83 bits per heavy atom. The van der Waals surface area contributed by atoms with Crippen LogP contribution >= 0.6 is 23.2 Å². The van der Waals surface area contributed by atoms with Crippen LogP contribution in [0.1, 0.15) is 30.7 Å². The molecule has 7 heteroatoms. The molecule has 1 saturated heterocycles. The zero-order valence-electron chi connectivity index (χ0n) is 12.8. The summed E-state index contributed by atoms with van der Waals surface area (Å²) in [5.41, 5.74) is 1.04. The molecule has 4 nitrogen and oxygen atoms in total. The first-order chi connectivity index (χ1) is 10.8. The molecule has 0 radical (unpaired) electrons. The summed E-state index contributed by atoms with van der Waals surface area (Å²) in [6.07, 6.45) is 1.88. The Labute approximate surface area is 146 Å². The Morgan fingerprint density at radius 3 is 2.43 bits per heavy atom. The van der Waals surface area contributed by atoms with Gasteiger partial charge in [-0.1, -0.05) is 29.3 Å². The molecule has 1 aliphatic carbocycles. The Kier molecular flexibility index (Phi) is 4.64. The van der Waals surface area contributed by atoms with Crippen molar-refractivity contribution >= 4 is 38.9 Å². The third-order valence-corrected chi connectivity index (χ3v) is 7.35. The van der Waals surface area contributed by atoms with Crippen LogP contribution in [0.4, 0.5) is 0 Å². The maximum Gasteiger partial charge on any atom is 0.226 e. The van der Waals surface area contributed by atoms with E-state index in [0.717, 1.165) is 12.0 Å². The number of halogens is 2. The lowest BCUT2D eigenvalue weighted by Gasteiger charge is -2.31. The van der Waals surface area contributed by atoms with E-state index in [1.165, 1.54) is 0 Å². The van der Waals surface area contributed by atoms with Gasteiger partial charge in [0.2, 0.25) is 5.91 Å². The molecule has 0 N–H and O–H groups in total. The van der Waals surface area contributed by atoms with Gasteiger partial charge in [0.15, 0.2) is 0 Å². The van der Waals surface area contributed by atoms with E-state index in [-0.39, 0.29) is 35.3 Å². The lowest BCUT2D eigenvalue weighted by molar-refractivity contribution is -0.133. The molecule has 2 atom stereocenters. The minimum Gasteiger partial charge on any atom is -0.342 e. The largest absolute Gasteiger partial charge is 0.342 e. The zero-order valence-corrected chi connectivity index (χ0v) is 15.2. The molecule has 126 valence electrons. The predicted molar refractivity (Wildman–Crippen MR) is 91.8 cm³/mol. The predicted octanol–water partition coefficient (Wildman–Crippen LogP) is 3.13. The summed E-state index contributed by atoms with van der Waals surface area (Å²) in [4.78, 5) is 14.4. The van der Waals surface area contributed by atoms with Gasteiger partial charge in [-0.3, -0.25) is 4.79 Å². The molecular weight excluding hydrogens is 357 g/mol. The van der Waals surface area contributed by atoms with E-state index in [9.17, 15) is 13.2 Å². The van der Waals surface area contributed by atoms with Crippen LogP contribution in [-0.2, 0) is 14.6 Å². The average molecular weight is 376 g/mol. The molecule has 1 saturated carbocycles. The van der Waals surface area contributed by atoms with Crippen LogP contribution in [0, 0.1) is 5.92 Å². The molecule has 0 aromatic heterocycles. The minimum atomic E-state index is -2.91. The second kappa shape index (κ2) is 6.26. The van der Waals surface area contributed by atoms with Gasteiger partial charge in [-0.2, -0.15) is 0 Å². The standard InChI is InChI=1S/C16H19Cl2NO3S/c1-19(11-4-6-23(21,22)7-5-11)16(20)13-9-12(13)10-2-3-14(17)15(18)8-10/h2-3,8,11-13H,4-7,9H2,1H3/t12-,13+/m0/s1. The number of carbonyl (C=O) groups is 1. The van der Waals surface area contributed by atoms with Crippen LogP contribution in [0.5, 0.6) is 0 Å². The van der Waals surface area contributed by atoms with Crippen LogP contribution in [0.3, 0.4) is 0 Å². The first kappa shape index (κ1) is 17.1. The smallest absolute Gasteiger partial charge is 0.226 e. The van der Waals surface area contributed by atoms with Gasteiger partial charge in [-0.25, -0.2) is 8.42 Å². The fraction of sp³-hybridized carbons (Fsp3) is 0.562. The van der Waals surface area contributed by atoms with Crippen molar-refractivity contribution in [2.45, 2.75) is 31.2 Å². The fourth-order valence-electron chi connectivity index (χ4n) is 3.29. The average Bonchev–Trinajstić information content (AvgIpc) is 3.29. The molecule has 0 bridgehead atoms. The SMILES string of the molecule is CN(C(=O)[C@@H]1C[C@H]1c1ccc(Cl)c(Cl)c1)C1CCS(=O)(=O)CC1. The lowest BCUT2D eigenvalue weighted by atomic mass is 10.1. The summed E-state index contributed by atoms with van der Waals surface area (Å²) in [5, 5.41) is 1.02. The van der Waals surface area contributed by atoms with Gasteiger partial charge in [-0.05, 0) is 42.9 Å². The molecular formula is C16H19Cl2NO3S. The second-order valence-corrected chi connectivity index (χ2v) is 9.57. The minimum absolute atomic E-state index is 0.0288. The molecule has 1 heterocycles. The highest BCUT2D eigenvalue weighted by Gasteiger charge is 2.46. The van der Waals surface area contributed by atoms with Crippen molar-refractivity contribution in [3.8, 4) is 0 Å². The van der Waals surface area contributed by atoms with E-state index in [1.807, 2.05) is 12.1 Å². The molecule has 1 aromatic rings. The second-order valence-electron chi connectivity index (χ2n) is 6.45. The summed E-state index contributed by atoms with van der Waals surface area (Å²) in [6, 6.07) is 5.53. The van der Waals surface area contributed by atoms with Crippen molar-refractivity contribution in [2.24, 2.45) is 5.92 Å². The quantitative estimate of drug-likeness (QED) is 0.815. The van der Waals surface area contributed by atoms with E-state index in [0.29, 0.717) is 22.9 Å². The maximum absolute atomic E-state index is 12.6. The highest BCUT2D eigenvalue weighted by molar-refractivity contribution is 7.91. The molecule has 1 aromatic carbocycles. The summed E-state index contributed by atoms with van der Waals surface area (Å²) in [7, 11) is -1.12. The number of nitrogens with zero attached hydrogens (tertiary/aromatic N) is 1. The molecule has 1 amide bonds. The molecule has 3 rings (SSSR count). The first-order valence-electron chi connectivity index (χ1n) is 7.70. The lowest BCUT2D eigenvalue weighted by Crippen LogP contribution is -2.43. The molecule has 2 fully saturated rings. The van der Waals surface area contributed by atoms with E-state index < -0.39 is 9.84 Å². The number of amides is 1. The van der Waals surface area contributed by atoms with Gasteiger partial charge >= 0.3 is 0 Å². The number of hydrogen-bond acceptors (Lipinski definition) is 3. The number of carbonyl (C=O) groups excluding carboxylic acids is 1. The van der Waals surface area contributed by atoms with Crippen LogP contribution in [0.15, 0.2) is 18.2 Å². The highest BCUT2D eigenvalue weighted by Crippen LogP contribution is 2.49. The van der Waals surface area contributed by atoms with Crippen molar-refractivity contribution in [3.05, 3.63) is 33.8 Å².